The third-order valence-corrected chi connectivity index (χ3v) is 22.8. The number of nitrogens with one attached hydrogen (secondary N) is 6. The number of halogens is 4. The Hall–Kier alpha value is -3.68. The van der Waals surface area contributed by atoms with E-state index in [1.807, 2.05) is 31.6 Å². The molecule has 5 unspecified atom stereocenters. The van der Waals surface area contributed by atoms with Crippen LogP contribution in [0.15, 0.2) is 71.2 Å². The van der Waals surface area contributed by atoms with Crippen LogP contribution in [-0.2, 0) is 22.1 Å². The van der Waals surface area contributed by atoms with Crippen LogP contribution in [0.25, 0.3) is 0 Å². The van der Waals surface area contributed by atoms with Gasteiger partial charge in [0.25, 0.3) is 0 Å². The van der Waals surface area contributed by atoms with E-state index in [4.69, 9.17) is 21.3 Å². The molecular weight excluding hydrogens is 1180 g/mol. The van der Waals surface area contributed by atoms with E-state index >= 15 is 0 Å². The summed E-state index contributed by atoms with van der Waals surface area (Å²) in [7, 11) is 4.31. The number of benzene rings is 1. The highest BCUT2D eigenvalue weighted by Gasteiger charge is 2.56. The topological polar surface area (TPSA) is 127 Å². The first-order valence-corrected chi connectivity index (χ1v) is 37.0. The van der Waals surface area contributed by atoms with Gasteiger partial charge >= 0.3 is 6.18 Å². The van der Waals surface area contributed by atoms with Crippen molar-refractivity contribution in [2.45, 2.75) is 276 Å². The fraction of sp³-hybridized carbons (Fsp3) is 0.784. The number of fused-ring (bicyclic) bond motifs is 2. The minimum atomic E-state index is -4.53. The highest BCUT2D eigenvalue weighted by Crippen LogP contribution is 2.44. The molecule has 7 aliphatic rings. The summed E-state index contributed by atoms with van der Waals surface area (Å²) in [6, 6.07) is 6.05. The van der Waals surface area contributed by atoms with Crippen molar-refractivity contribution in [3.8, 4) is 0 Å². The Labute approximate surface area is 560 Å². The lowest BCUT2D eigenvalue weighted by Gasteiger charge is -2.60. The minimum absolute atomic E-state index is 0.0375. The second-order valence-electron chi connectivity index (χ2n) is 29.8. The summed E-state index contributed by atoms with van der Waals surface area (Å²) in [5, 5.41) is 24.1. The van der Waals surface area contributed by atoms with E-state index in [9.17, 15) is 18.0 Å². The summed E-state index contributed by atoms with van der Waals surface area (Å²) in [5.74, 6) is 2.48. The van der Waals surface area contributed by atoms with Gasteiger partial charge in [-0.3, -0.25) is 14.7 Å². The first-order valence-electron chi connectivity index (χ1n) is 36.6. The molecule has 6 fully saturated rings. The van der Waals surface area contributed by atoms with Crippen molar-refractivity contribution in [2.75, 3.05) is 66.5 Å². The van der Waals surface area contributed by atoms with Gasteiger partial charge in [-0.15, -0.1) is 0 Å². The standard InChI is InChI=1S/C74H124ClF3N12O2/c1-13-52(5)67-45-83-66(42-51(3)4)54(7)82-46-68-70(72(91)88-38-23-39-88)57(10)90(68)71(60-26-18-19-27-60)55(8)85-73(34-20-21-35-73)50-79-47-69(92-14-2)81-36-33-61(31-29-59-30-32-64(65(75)44-59)74(76,77)78)80-37-41-86(11)48-63(43-58-24-16-15-17-25-58)87(12)49-62-28-22-40-89(62)56(9)53(6)84-67/h30,32-33,36-37,41,44,48-49,51-58,60,66-71,79-80,82-85H,13-29,31,34-35,38-40,42-43,45-47,50H2,1-12H3/t52-,53?,54?,55?,56-,57?,66-,67+,68?,69+,70-,71+/m0/s1. The number of carbonyl (C=O) groups excluding carboxylic acids is 1. The predicted molar refractivity (Wildman–Crippen MR) is 374 cm³/mol. The molecule has 14 nitrogen and oxygen atoms in total. The van der Waals surface area contributed by atoms with Crippen molar-refractivity contribution in [2.24, 2.45) is 34.6 Å². The number of nitrogens with zero attached hydrogens (tertiary/aromatic N) is 6. The zero-order valence-corrected chi connectivity index (χ0v) is 59.6. The summed E-state index contributed by atoms with van der Waals surface area (Å²) in [5.41, 5.74) is 3.30. The zero-order chi connectivity index (χ0) is 66.1. The van der Waals surface area contributed by atoms with Crippen LogP contribution in [0.5, 0.6) is 0 Å². The fourth-order valence-corrected chi connectivity index (χ4v) is 17.0. The monoisotopic (exact) mass is 1300 g/mol. The van der Waals surface area contributed by atoms with Gasteiger partial charge in [0.1, 0.15) is 0 Å². The lowest BCUT2D eigenvalue weighted by molar-refractivity contribution is -0.165. The molecule has 18 heteroatoms. The summed E-state index contributed by atoms with van der Waals surface area (Å²) < 4.78 is 47.6. The van der Waals surface area contributed by atoms with Gasteiger partial charge < -0.3 is 56.2 Å². The normalized spacial score (nSPS) is 31.1. The Morgan fingerprint density at radius 1 is 0.826 bits per heavy atom. The lowest BCUT2D eigenvalue weighted by Crippen LogP contribution is -2.76. The number of alkyl halides is 3. The smallest absolute Gasteiger partial charge is 0.369 e. The quantitative estimate of drug-likeness (QED) is 0.113. The molecule has 1 spiro atoms. The van der Waals surface area contributed by atoms with E-state index in [2.05, 4.69) is 145 Å². The fourth-order valence-electron chi connectivity index (χ4n) is 16.7. The van der Waals surface area contributed by atoms with Crippen LogP contribution >= 0.6 is 11.6 Å². The average Bonchev–Trinajstić information content (AvgIpc) is 0.915. The van der Waals surface area contributed by atoms with E-state index in [-0.39, 0.29) is 64.8 Å². The molecule has 1 aromatic carbocycles. The van der Waals surface area contributed by atoms with Crippen molar-refractivity contribution in [1.82, 2.24) is 56.4 Å². The summed E-state index contributed by atoms with van der Waals surface area (Å²) >= 11 is 6.24. The number of likely N-dealkylation sites (tertiary alicyclic amines) is 1. The van der Waals surface area contributed by atoms with Gasteiger partial charge in [0, 0.05) is 175 Å². The maximum atomic E-state index is 14.6. The Kier molecular flexibility index (Phi) is 28.6. The molecule has 0 aromatic heterocycles. The Bertz CT molecular complexity index is 2580. The van der Waals surface area contributed by atoms with Crippen molar-refractivity contribution in [3.05, 3.63) is 82.3 Å². The molecule has 6 N–H and O–H groups in total. The maximum absolute atomic E-state index is 14.6. The highest BCUT2D eigenvalue weighted by atomic mass is 35.5. The van der Waals surface area contributed by atoms with Gasteiger partial charge in [0.15, 0.2) is 6.23 Å². The molecule has 4 aliphatic heterocycles. The maximum Gasteiger partial charge on any atom is 0.417 e. The van der Waals surface area contributed by atoms with Gasteiger partial charge in [-0.1, -0.05) is 110 Å². The molecule has 0 bridgehead atoms. The molecule has 4 heterocycles. The largest absolute Gasteiger partial charge is 0.417 e. The van der Waals surface area contributed by atoms with Gasteiger partial charge in [-0.2, -0.15) is 13.2 Å². The van der Waals surface area contributed by atoms with Gasteiger partial charge in [-0.25, -0.2) is 0 Å². The van der Waals surface area contributed by atoms with Crippen LogP contribution in [0.4, 0.5) is 13.2 Å². The van der Waals surface area contributed by atoms with Crippen LogP contribution in [0.3, 0.4) is 0 Å². The van der Waals surface area contributed by atoms with Crippen molar-refractivity contribution >= 4 is 23.7 Å². The number of ether oxygens (including phenoxy) is 1. The zero-order valence-electron chi connectivity index (χ0n) is 58.9. The highest BCUT2D eigenvalue weighted by molar-refractivity contribution is 6.31. The molecule has 92 heavy (non-hydrogen) atoms. The van der Waals surface area contributed by atoms with Crippen LogP contribution in [0.1, 0.15) is 209 Å². The van der Waals surface area contributed by atoms with Crippen LogP contribution in [0.2, 0.25) is 5.02 Å². The van der Waals surface area contributed by atoms with Crippen molar-refractivity contribution in [1.29, 1.82) is 0 Å². The summed E-state index contributed by atoms with van der Waals surface area (Å²) in [4.78, 5) is 31.8. The molecule has 3 saturated heterocycles. The molecule has 520 valence electrons. The molecule has 1 aromatic rings. The number of hydrogen-bond acceptors (Lipinski definition) is 13. The first-order chi connectivity index (χ1) is 44.1. The third kappa shape index (κ3) is 20.4. The Morgan fingerprint density at radius 2 is 1.55 bits per heavy atom. The SMILES string of the molecule is CCO[C@@H]1CNCC2(CCCC2)NC(C)[C@H](C2CCCC2)N2C(C)[C@H](C(=O)N3CCC3)C2CNC(C)[C@H](CC(C)C)NC[C@H]([C@@H](C)CC)NC(C)[C@H](C)N2CCCC2=CN(C)C(CC2CCCCC2)=CN(C)C=CNC(CCc2ccc(C(F)(F)F)c(Cl)c2)=CC=N1. The Balaban J connectivity index is 1.11. The number of allylic oxidation sites excluding steroid dienone is 4. The molecule has 12 atom stereocenters. The van der Waals surface area contributed by atoms with Crippen LogP contribution in [-0.4, -0.2) is 169 Å². The molecule has 1 amide bonds. The number of amides is 1. The first kappa shape index (κ1) is 74.1. The van der Waals surface area contributed by atoms with Crippen LogP contribution in [0, 0.1) is 29.6 Å². The minimum Gasteiger partial charge on any atom is -0.369 e. The van der Waals surface area contributed by atoms with E-state index in [1.54, 1.807) is 0 Å². The van der Waals surface area contributed by atoms with E-state index in [1.165, 1.54) is 94.2 Å². The molecular formula is C74H124ClF3N12O2. The van der Waals surface area contributed by atoms with Crippen LogP contribution < -0.4 is 31.9 Å². The van der Waals surface area contributed by atoms with E-state index in [0.29, 0.717) is 67.2 Å². The van der Waals surface area contributed by atoms with E-state index in [0.717, 1.165) is 102 Å². The van der Waals surface area contributed by atoms with E-state index < -0.39 is 18.0 Å². The third-order valence-electron chi connectivity index (χ3n) is 22.5. The molecule has 3 aliphatic carbocycles. The number of carbonyl (C=O) groups is 1. The number of rotatable bonds is 13. The second kappa shape index (κ2) is 35.5. The number of aryl methyl sites for hydroxylation is 1. The number of hydrogen-bond donors (Lipinski definition) is 6. The molecule has 8 rings (SSSR count). The Morgan fingerprint density at radius 3 is 2.22 bits per heavy atom. The average molecular weight is 1310 g/mol. The number of aliphatic imine (C=N–C) groups is 1. The summed E-state index contributed by atoms with van der Waals surface area (Å²) in [6.07, 6.45) is 30.7. The molecule has 3 saturated carbocycles. The van der Waals surface area contributed by atoms with Gasteiger partial charge in [-0.05, 0) is 160 Å². The predicted octanol–water partition coefficient (Wildman–Crippen LogP) is 13.4. The van der Waals surface area contributed by atoms with Gasteiger partial charge in [0.2, 0.25) is 5.91 Å². The summed E-state index contributed by atoms with van der Waals surface area (Å²) in [6.45, 7) is 29.7. The second-order valence-corrected chi connectivity index (χ2v) is 30.2. The van der Waals surface area contributed by atoms with Crippen molar-refractivity contribution < 1.29 is 22.7 Å². The van der Waals surface area contributed by atoms with Gasteiger partial charge in [0.05, 0.1) is 16.5 Å². The van der Waals surface area contributed by atoms with Crippen molar-refractivity contribution in [3.63, 3.8) is 0 Å². The lowest BCUT2D eigenvalue weighted by atomic mass is 9.73. The molecule has 0 radical (unpaired) electrons.